The summed E-state index contributed by atoms with van der Waals surface area (Å²) in [5, 5.41) is 0. The highest BCUT2D eigenvalue weighted by Crippen LogP contribution is 2.26. The Hall–Kier alpha value is -1.02. The van der Waals surface area contributed by atoms with E-state index in [1.54, 1.807) is 0 Å². The predicted molar refractivity (Wildman–Crippen MR) is 80.6 cm³/mol. The lowest BCUT2D eigenvalue weighted by atomic mass is 9.97. The van der Waals surface area contributed by atoms with E-state index in [1.165, 1.54) is 0 Å². The maximum absolute atomic E-state index is 12.2. The predicted octanol–water partition coefficient (Wildman–Crippen LogP) is 4.80. The minimum absolute atomic E-state index is 0.120. The minimum atomic E-state index is 0.120. The van der Waals surface area contributed by atoms with Crippen molar-refractivity contribution in [2.45, 2.75) is 46.0 Å². The number of carbonyl (C=O) groups excluding carboxylic acids is 1. The normalized spacial score (nSPS) is 10.8. The second-order valence-corrected chi connectivity index (χ2v) is 5.35. The maximum atomic E-state index is 12.2. The van der Waals surface area contributed by atoms with Gasteiger partial charge in [0.25, 0.3) is 0 Å². The Labute approximate surface area is 121 Å². The summed E-state index contributed by atoms with van der Waals surface area (Å²) >= 11 is 5.65. The third-order valence-electron chi connectivity index (χ3n) is 2.97. The number of benzene rings is 1. The van der Waals surface area contributed by atoms with E-state index in [-0.39, 0.29) is 5.78 Å². The van der Waals surface area contributed by atoms with Gasteiger partial charge < -0.3 is 4.74 Å². The first-order chi connectivity index (χ1) is 9.10. The Morgan fingerprint density at radius 3 is 2.68 bits per heavy atom. The van der Waals surface area contributed by atoms with Crippen molar-refractivity contribution in [1.82, 2.24) is 0 Å². The Balaban J connectivity index is 2.99. The molecule has 0 unspecified atom stereocenters. The molecule has 0 saturated carbocycles. The lowest BCUT2D eigenvalue weighted by Gasteiger charge is -2.13. The molecule has 1 aromatic carbocycles. The molecule has 0 spiro atoms. The van der Waals surface area contributed by atoms with Crippen molar-refractivity contribution in [1.29, 1.82) is 0 Å². The SMILES string of the molecule is CCCOc1ccc(C(C)C)cc1C(=O)CCCCl. The van der Waals surface area contributed by atoms with Crippen LogP contribution in [0.3, 0.4) is 0 Å². The molecule has 0 N–H and O–H groups in total. The lowest BCUT2D eigenvalue weighted by molar-refractivity contribution is 0.0978. The second kappa shape index (κ2) is 8.21. The lowest BCUT2D eigenvalue weighted by Crippen LogP contribution is -2.06. The van der Waals surface area contributed by atoms with Crippen molar-refractivity contribution >= 4 is 17.4 Å². The summed E-state index contributed by atoms with van der Waals surface area (Å²) in [4.78, 5) is 12.2. The molecule has 1 aromatic rings. The van der Waals surface area contributed by atoms with Crippen LogP contribution < -0.4 is 4.74 Å². The van der Waals surface area contributed by atoms with Gasteiger partial charge >= 0.3 is 0 Å². The number of hydrogen-bond donors (Lipinski definition) is 0. The monoisotopic (exact) mass is 282 g/mol. The molecule has 0 aliphatic carbocycles. The van der Waals surface area contributed by atoms with Crippen molar-refractivity contribution in [3.05, 3.63) is 29.3 Å². The van der Waals surface area contributed by atoms with Crippen molar-refractivity contribution in [3.63, 3.8) is 0 Å². The molecule has 3 heteroatoms. The van der Waals surface area contributed by atoms with Gasteiger partial charge in [-0.2, -0.15) is 0 Å². The van der Waals surface area contributed by atoms with Crippen LogP contribution in [0, 0.1) is 0 Å². The highest BCUT2D eigenvalue weighted by molar-refractivity contribution is 6.18. The number of Topliss-reactive ketones (excluding diaryl/α,β-unsaturated/α-hetero) is 1. The summed E-state index contributed by atoms with van der Waals surface area (Å²) in [5.74, 6) is 1.74. The van der Waals surface area contributed by atoms with Crippen molar-refractivity contribution in [2.24, 2.45) is 0 Å². The first-order valence-corrected chi connectivity index (χ1v) is 7.49. The molecular weight excluding hydrogens is 260 g/mol. The molecule has 0 amide bonds. The van der Waals surface area contributed by atoms with Crippen molar-refractivity contribution in [3.8, 4) is 5.75 Å². The van der Waals surface area contributed by atoms with Gasteiger partial charge in [0.1, 0.15) is 5.75 Å². The average Bonchev–Trinajstić information content (AvgIpc) is 2.42. The molecule has 0 aromatic heterocycles. The van der Waals surface area contributed by atoms with Crippen LogP contribution in [0.2, 0.25) is 0 Å². The largest absolute Gasteiger partial charge is 0.493 e. The smallest absolute Gasteiger partial charge is 0.166 e. The molecule has 0 heterocycles. The van der Waals surface area contributed by atoms with Gasteiger partial charge in [0.2, 0.25) is 0 Å². The van der Waals surface area contributed by atoms with E-state index in [9.17, 15) is 4.79 Å². The van der Waals surface area contributed by atoms with Gasteiger partial charge in [0.15, 0.2) is 5.78 Å². The summed E-state index contributed by atoms with van der Waals surface area (Å²) in [5.41, 5.74) is 1.86. The van der Waals surface area contributed by atoms with Crippen molar-refractivity contribution in [2.75, 3.05) is 12.5 Å². The van der Waals surface area contributed by atoms with E-state index in [4.69, 9.17) is 16.3 Å². The molecule has 0 saturated heterocycles. The molecule has 0 aliphatic rings. The summed E-state index contributed by atoms with van der Waals surface area (Å²) in [6.07, 6.45) is 2.12. The summed E-state index contributed by atoms with van der Waals surface area (Å²) < 4.78 is 5.67. The molecule has 0 aliphatic heterocycles. The average molecular weight is 283 g/mol. The standard InChI is InChI=1S/C16H23ClO2/c1-4-10-19-16-8-7-13(12(2)3)11-14(16)15(18)6-5-9-17/h7-8,11-12H,4-6,9-10H2,1-3H3. The number of rotatable bonds is 8. The summed E-state index contributed by atoms with van der Waals surface area (Å²) in [6, 6.07) is 5.92. The molecule has 0 bridgehead atoms. The molecule has 1 rings (SSSR count). The Morgan fingerprint density at radius 2 is 2.11 bits per heavy atom. The van der Waals surface area contributed by atoms with E-state index in [1.807, 2.05) is 18.2 Å². The number of alkyl halides is 1. The first-order valence-electron chi connectivity index (χ1n) is 6.96. The molecule has 0 radical (unpaired) electrons. The fourth-order valence-corrected chi connectivity index (χ4v) is 1.96. The van der Waals surface area contributed by atoms with Crippen LogP contribution in [0.1, 0.15) is 61.9 Å². The van der Waals surface area contributed by atoms with Gasteiger partial charge in [-0.1, -0.05) is 26.8 Å². The highest BCUT2D eigenvalue weighted by atomic mass is 35.5. The molecule has 106 valence electrons. The Morgan fingerprint density at radius 1 is 1.37 bits per heavy atom. The Bertz CT molecular complexity index is 413. The minimum Gasteiger partial charge on any atom is -0.493 e. The number of halogens is 1. The van der Waals surface area contributed by atoms with Crippen LogP contribution in [-0.2, 0) is 0 Å². The zero-order valence-corrected chi connectivity index (χ0v) is 12.8. The van der Waals surface area contributed by atoms with Gasteiger partial charge in [-0.05, 0) is 36.5 Å². The van der Waals surface area contributed by atoms with Crippen LogP contribution in [-0.4, -0.2) is 18.3 Å². The number of hydrogen-bond acceptors (Lipinski definition) is 2. The molecule has 2 nitrogen and oxygen atoms in total. The van der Waals surface area contributed by atoms with Gasteiger partial charge in [0.05, 0.1) is 12.2 Å². The van der Waals surface area contributed by atoms with E-state index >= 15 is 0 Å². The third-order valence-corrected chi connectivity index (χ3v) is 3.24. The van der Waals surface area contributed by atoms with E-state index < -0.39 is 0 Å². The first kappa shape index (κ1) is 16.0. The van der Waals surface area contributed by atoms with Gasteiger partial charge in [-0.15, -0.1) is 11.6 Å². The number of carbonyl (C=O) groups is 1. The molecule has 0 fully saturated rings. The highest BCUT2D eigenvalue weighted by Gasteiger charge is 2.14. The fourth-order valence-electron chi connectivity index (χ4n) is 1.82. The van der Waals surface area contributed by atoms with E-state index in [2.05, 4.69) is 20.8 Å². The van der Waals surface area contributed by atoms with Gasteiger partial charge in [0, 0.05) is 12.3 Å². The van der Waals surface area contributed by atoms with E-state index in [0.29, 0.717) is 42.6 Å². The second-order valence-electron chi connectivity index (χ2n) is 4.97. The zero-order valence-electron chi connectivity index (χ0n) is 12.0. The third kappa shape index (κ3) is 4.87. The maximum Gasteiger partial charge on any atom is 0.166 e. The van der Waals surface area contributed by atoms with Crippen LogP contribution in [0.15, 0.2) is 18.2 Å². The molecule has 19 heavy (non-hydrogen) atoms. The van der Waals surface area contributed by atoms with Gasteiger partial charge in [-0.25, -0.2) is 0 Å². The van der Waals surface area contributed by atoms with Crippen molar-refractivity contribution < 1.29 is 9.53 Å². The quantitative estimate of drug-likeness (QED) is 0.506. The van der Waals surface area contributed by atoms with Gasteiger partial charge in [-0.3, -0.25) is 4.79 Å². The zero-order chi connectivity index (χ0) is 14.3. The summed E-state index contributed by atoms with van der Waals surface area (Å²) in [7, 11) is 0. The molecule has 0 atom stereocenters. The number of ketones is 1. The molecular formula is C16H23ClO2. The van der Waals surface area contributed by atoms with Crippen LogP contribution in [0.25, 0.3) is 0 Å². The Kier molecular flexibility index (Phi) is 6.93. The van der Waals surface area contributed by atoms with Crippen LogP contribution >= 0.6 is 11.6 Å². The number of ether oxygens (including phenoxy) is 1. The topological polar surface area (TPSA) is 26.3 Å². The van der Waals surface area contributed by atoms with Crippen LogP contribution in [0.5, 0.6) is 5.75 Å². The fraction of sp³-hybridized carbons (Fsp3) is 0.562. The van der Waals surface area contributed by atoms with Crippen LogP contribution in [0.4, 0.5) is 0 Å². The van der Waals surface area contributed by atoms with E-state index in [0.717, 1.165) is 12.0 Å². The summed E-state index contributed by atoms with van der Waals surface area (Å²) in [6.45, 7) is 6.93.